The van der Waals surface area contributed by atoms with Crippen LogP contribution in [0.2, 0.25) is 0 Å². The first-order valence-corrected chi connectivity index (χ1v) is 4.55. The fourth-order valence-corrected chi connectivity index (χ4v) is 1.19. The summed E-state index contributed by atoms with van der Waals surface area (Å²) in [6, 6.07) is 6.13. The Morgan fingerprint density at radius 3 is 2.87 bits per heavy atom. The summed E-state index contributed by atoms with van der Waals surface area (Å²) in [4.78, 5) is 10.1. The van der Waals surface area contributed by atoms with Crippen LogP contribution in [0.3, 0.4) is 0 Å². The summed E-state index contributed by atoms with van der Waals surface area (Å²) in [7, 11) is 0. The lowest BCUT2D eigenvalue weighted by molar-refractivity contribution is -0.385. The number of rotatable bonds is 4. The van der Waals surface area contributed by atoms with Crippen LogP contribution in [-0.4, -0.2) is 11.5 Å². The maximum Gasteiger partial charge on any atom is 0.311 e. The van der Waals surface area contributed by atoms with Crippen LogP contribution in [0.15, 0.2) is 18.2 Å². The Morgan fingerprint density at radius 2 is 2.33 bits per heavy atom. The minimum atomic E-state index is -0.567. The van der Waals surface area contributed by atoms with E-state index < -0.39 is 4.92 Å². The maximum absolute atomic E-state index is 10.7. The van der Waals surface area contributed by atoms with Gasteiger partial charge in [-0.3, -0.25) is 10.1 Å². The molecule has 0 aromatic heterocycles. The second-order valence-electron chi connectivity index (χ2n) is 2.64. The normalized spacial score (nSPS) is 9.33. The van der Waals surface area contributed by atoms with Gasteiger partial charge in [-0.2, -0.15) is 5.26 Å². The maximum atomic E-state index is 10.7. The molecule has 1 aromatic rings. The Hall–Kier alpha value is -1.80. The summed E-state index contributed by atoms with van der Waals surface area (Å²) in [6.45, 7) is -0.221. The third-order valence-corrected chi connectivity index (χ3v) is 1.98. The van der Waals surface area contributed by atoms with Crippen LogP contribution < -0.4 is 4.74 Å². The van der Waals surface area contributed by atoms with Gasteiger partial charge in [-0.1, -0.05) is 6.07 Å². The van der Waals surface area contributed by atoms with Crippen molar-refractivity contribution in [1.29, 1.82) is 5.26 Å². The Kier molecular flexibility index (Phi) is 3.89. The molecular formula is C9H7ClN2O3. The van der Waals surface area contributed by atoms with E-state index in [1.54, 1.807) is 12.1 Å². The lowest BCUT2D eigenvalue weighted by atomic mass is 10.2. The molecule has 0 atom stereocenters. The molecule has 0 saturated carbocycles. The average molecular weight is 227 g/mol. The summed E-state index contributed by atoms with van der Waals surface area (Å²) in [5.41, 5.74) is 0.455. The minimum Gasteiger partial charge on any atom is -0.472 e. The Bertz CT molecular complexity index is 414. The predicted octanol–water partition coefficient (Wildman–Crippen LogP) is 2.24. The van der Waals surface area contributed by atoms with Gasteiger partial charge in [0, 0.05) is 11.9 Å². The summed E-state index contributed by atoms with van der Waals surface area (Å²) in [5, 5.41) is 18.9. The van der Waals surface area contributed by atoms with E-state index in [0.717, 1.165) is 0 Å². The molecule has 0 heterocycles. The molecular weight excluding hydrogens is 220 g/mol. The molecule has 0 fully saturated rings. The van der Waals surface area contributed by atoms with Crippen LogP contribution in [0.5, 0.6) is 5.75 Å². The van der Waals surface area contributed by atoms with Crippen molar-refractivity contribution in [3.8, 4) is 11.8 Å². The molecule has 0 saturated heterocycles. The average Bonchev–Trinajstić information content (AvgIpc) is 2.26. The summed E-state index contributed by atoms with van der Waals surface area (Å²) < 4.78 is 4.90. The molecule has 0 spiro atoms. The molecule has 0 radical (unpaired) electrons. The van der Waals surface area contributed by atoms with Crippen molar-refractivity contribution in [2.45, 2.75) is 5.88 Å². The molecule has 0 aliphatic carbocycles. The Balaban J connectivity index is 3.05. The van der Waals surface area contributed by atoms with E-state index in [9.17, 15) is 10.1 Å². The molecule has 6 heteroatoms. The first kappa shape index (κ1) is 11.3. The van der Waals surface area contributed by atoms with Crippen LogP contribution in [0.1, 0.15) is 5.56 Å². The molecule has 5 nitrogen and oxygen atoms in total. The van der Waals surface area contributed by atoms with Gasteiger partial charge in [0.25, 0.3) is 0 Å². The quantitative estimate of drug-likeness (QED) is 0.448. The third-order valence-electron chi connectivity index (χ3n) is 1.67. The molecule has 15 heavy (non-hydrogen) atoms. The summed E-state index contributed by atoms with van der Waals surface area (Å²) in [6.07, 6.45) is 0. The van der Waals surface area contributed by atoms with Crippen molar-refractivity contribution < 1.29 is 9.66 Å². The van der Waals surface area contributed by atoms with Gasteiger partial charge in [-0.25, -0.2) is 0 Å². The van der Waals surface area contributed by atoms with Crippen LogP contribution >= 0.6 is 11.6 Å². The standard InChI is InChI=1S/C9H7ClN2O3/c10-6-7-1-2-9(15-4-3-11)8(5-7)12(13)14/h1-2,5H,4,6H2. The number of nitro groups is 1. The van der Waals surface area contributed by atoms with Crippen molar-refractivity contribution >= 4 is 17.3 Å². The highest BCUT2D eigenvalue weighted by molar-refractivity contribution is 6.17. The number of nitriles is 1. The number of benzene rings is 1. The van der Waals surface area contributed by atoms with Gasteiger partial charge >= 0.3 is 5.69 Å². The molecule has 0 aliphatic rings. The zero-order chi connectivity index (χ0) is 11.3. The van der Waals surface area contributed by atoms with Crippen molar-refractivity contribution in [3.05, 3.63) is 33.9 Å². The lowest BCUT2D eigenvalue weighted by Crippen LogP contribution is -1.99. The molecule has 78 valence electrons. The van der Waals surface area contributed by atoms with Crippen LogP contribution in [0.25, 0.3) is 0 Å². The number of halogens is 1. The van der Waals surface area contributed by atoms with E-state index in [1.165, 1.54) is 12.1 Å². The van der Waals surface area contributed by atoms with Crippen LogP contribution in [0, 0.1) is 21.4 Å². The molecule has 1 aromatic carbocycles. The van der Waals surface area contributed by atoms with Gasteiger partial charge in [0.1, 0.15) is 6.07 Å². The van der Waals surface area contributed by atoms with Gasteiger partial charge in [0.2, 0.25) is 0 Å². The monoisotopic (exact) mass is 226 g/mol. The van der Waals surface area contributed by atoms with Gasteiger partial charge < -0.3 is 4.74 Å². The fraction of sp³-hybridized carbons (Fsp3) is 0.222. The highest BCUT2D eigenvalue weighted by Crippen LogP contribution is 2.28. The van der Waals surface area contributed by atoms with E-state index in [1.807, 2.05) is 0 Å². The van der Waals surface area contributed by atoms with Crippen molar-refractivity contribution in [3.63, 3.8) is 0 Å². The smallest absolute Gasteiger partial charge is 0.311 e. The molecule has 0 N–H and O–H groups in total. The zero-order valence-corrected chi connectivity index (χ0v) is 8.40. The largest absolute Gasteiger partial charge is 0.472 e. The van der Waals surface area contributed by atoms with E-state index in [0.29, 0.717) is 5.56 Å². The lowest BCUT2D eigenvalue weighted by Gasteiger charge is -2.03. The van der Waals surface area contributed by atoms with Crippen LogP contribution in [0.4, 0.5) is 5.69 Å². The number of ether oxygens (including phenoxy) is 1. The predicted molar refractivity (Wildman–Crippen MR) is 53.8 cm³/mol. The van der Waals surface area contributed by atoms with Crippen molar-refractivity contribution in [2.24, 2.45) is 0 Å². The summed E-state index contributed by atoms with van der Waals surface area (Å²) >= 11 is 5.54. The van der Waals surface area contributed by atoms with Crippen molar-refractivity contribution in [2.75, 3.05) is 6.61 Å². The topological polar surface area (TPSA) is 76.2 Å². The number of nitrogens with zero attached hydrogens (tertiary/aromatic N) is 2. The number of alkyl halides is 1. The molecule has 0 amide bonds. The Labute approximate surface area is 91.0 Å². The van der Waals surface area contributed by atoms with Gasteiger partial charge in [-0.05, 0) is 11.6 Å². The first-order valence-electron chi connectivity index (χ1n) is 4.02. The SMILES string of the molecule is N#CCOc1ccc(CCl)cc1[N+](=O)[O-]. The molecule has 0 bridgehead atoms. The Morgan fingerprint density at radius 1 is 1.60 bits per heavy atom. The second-order valence-corrected chi connectivity index (χ2v) is 2.91. The van der Waals surface area contributed by atoms with Crippen LogP contribution in [-0.2, 0) is 5.88 Å². The first-order chi connectivity index (χ1) is 7.19. The molecule has 0 aliphatic heterocycles. The highest BCUT2D eigenvalue weighted by atomic mass is 35.5. The number of hydrogen-bond acceptors (Lipinski definition) is 4. The van der Waals surface area contributed by atoms with Gasteiger partial charge in [0.15, 0.2) is 12.4 Å². The van der Waals surface area contributed by atoms with Crippen molar-refractivity contribution in [1.82, 2.24) is 0 Å². The van der Waals surface area contributed by atoms with E-state index in [4.69, 9.17) is 21.6 Å². The third kappa shape index (κ3) is 2.82. The van der Waals surface area contributed by atoms with Gasteiger partial charge in [0.05, 0.1) is 4.92 Å². The molecule has 1 rings (SSSR count). The number of hydrogen-bond donors (Lipinski definition) is 0. The minimum absolute atomic E-state index is 0.0791. The zero-order valence-electron chi connectivity index (χ0n) is 7.64. The molecule has 0 unspecified atom stereocenters. The highest BCUT2D eigenvalue weighted by Gasteiger charge is 2.15. The number of nitro benzene ring substituents is 1. The second kappa shape index (κ2) is 5.17. The van der Waals surface area contributed by atoms with E-state index in [2.05, 4.69) is 0 Å². The van der Waals surface area contributed by atoms with E-state index >= 15 is 0 Å². The summed E-state index contributed by atoms with van der Waals surface area (Å²) in [5.74, 6) is 0.273. The van der Waals surface area contributed by atoms with E-state index in [-0.39, 0.29) is 23.9 Å². The fourth-order valence-electron chi connectivity index (χ4n) is 1.02. The van der Waals surface area contributed by atoms with Gasteiger partial charge in [-0.15, -0.1) is 11.6 Å².